The predicted octanol–water partition coefficient (Wildman–Crippen LogP) is 0.639. The van der Waals surface area contributed by atoms with E-state index in [4.69, 9.17) is 9.94 Å². The largest absolute Gasteiger partial charge is 0.395 e. The number of hydrogen-bond donors (Lipinski definition) is 1. The maximum Gasteiger partial charge on any atom is 0.0607 e. The summed E-state index contributed by atoms with van der Waals surface area (Å²) in [4.78, 5) is 5.04. The molecule has 0 radical (unpaired) electrons. The molecule has 0 aliphatic rings. The van der Waals surface area contributed by atoms with Gasteiger partial charge < -0.3 is 9.94 Å². The van der Waals surface area contributed by atoms with Crippen LogP contribution >= 0.6 is 0 Å². The maximum absolute atomic E-state index is 8.76. The van der Waals surface area contributed by atoms with E-state index in [2.05, 4.69) is 0 Å². The van der Waals surface area contributed by atoms with Crippen molar-refractivity contribution in [1.29, 1.82) is 0 Å². The van der Waals surface area contributed by atoms with Crippen LogP contribution in [0.2, 0.25) is 0 Å². The molecule has 0 fully saturated rings. The van der Waals surface area contributed by atoms with E-state index in [-0.39, 0.29) is 12.6 Å². The molecule has 0 saturated heterocycles. The van der Waals surface area contributed by atoms with Gasteiger partial charge in [0.15, 0.2) is 0 Å². The Morgan fingerprint density at radius 2 is 1.90 bits per heavy atom. The van der Waals surface area contributed by atoms with Crippen LogP contribution < -0.4 is 0 Å². The molecule has 62 valence electrons. The minimum Gasteiger partial charge on any atom is -0.395 e. The van der Waals surface area contributed by atoms with Crippen molar-refractivity contribution in [3.63, 3.8) is 0 Å². The van der Waals surface area contributed by atoms with Crippen LogP contribution in [0.1, 0.15) is 20.8 Å². The average molecular weight is 147 g/mol. The van der Waals surface area contributed by atoms with Crippen LogP contribution in [0.15, 0.2) is 0 Å². The fourth-order valence-electron chi connectivity index (χ4n) is 0.980. The summed E-state index contributed by atoms with van der Waals surface area (Å²) in [6, 6.07) is 0.386. The average Bonchev–Trinajstić information content (AvgIpc) is 1.88. The minimum atomic E-state index is 0.0741. The highest BCUT2D eigenvalue weighted by molar-refractivity contribution is 4.60. The lowest BCUT2D eigenvalue weighted by atomic mass is 10.3. The Morgan fingerprint density at radius 3 is 2.00 bits per heavy atom. The third-order valence-electron chi connectivity index (χ3n) is 1.42. The lowest BCUT2D eigenvalue weighted by molar-refractivity contribution is -0.186. The van der Waals surface area contributed by atoms with Gasteiger partial charge in [-0.3, -0.25) is 0 Å². The monoisotopic (exact) mass is 147 g/mol. The molecule has 1 unspecified atom stereocenters. The van der Waals surface area contributed by atoms with Crippen molar-refractivity contribution in [2.75, 3.05) is 13.7 Å². The molecule has 1 atom stereocenters. The molecule has 0 aliphatic carbocycles. The van der Waals surface area contributed by atoms with E-state index < -0.39 is 0 Å². The van der Waals surface area contributed by atoms with Crippen molar-refractivity contribution < 1.29 is 9.94 Å². The molecule has 0 aromatic rings. The predicted molar refractivity (Wildman–Crippen MR) is 40.5 cm³/mol. The van der Waals surface area contributed by atoms with Gasteiger partial charge in [0.2, 0.25) is 0 Å². The van der Waals surface area contributed by atoms with Crippen molar-refractivity contribution in [3.8, 4) is 0 Å². The number of hydrogen-bond acceptors (Lipinski definition) is 3. The number of aliphatic hydroxyl groups is 1. The third kappa shape index (κ3) is 2.64. The maximum atomic E-state index is 8.76. The number of rotatable bonds is 4. The highest BCUT2D eigenvalue weighted by atomic mass is 16.7. The van der Waals surface area contributed by atoms with E-state index in [1.807, 2.05) is 20.8 Å². The third-order valence-corrected chi connectivity index (χ3v) is 1.42. The van der Waals surface area contributed by atoms with Crippen LogP contribution in [0.25, 0.3) is 0 Å². The fraction of sp³-hybridized carbons (Fsp3) is 1.00. The summed E-state index contributed by atoms with van der Waals surface area (Å²) < 4.78 is 0. The summed E-state index contributed by atoms with van der Waals surface area (Å²) >= 11 is 0. The van der Waals surface area contributed by atoms with Gasteiger partial charge in [-0.05, 0) is 20.8 Å². The topological polar surface area (TPSA) is 32.7 Å². The van der Waals surface area contributed by atoms with Crippen molar-refractivity contribution in [1.82, 2.24) is 5.06 Å². The first-order valence-electron chi connectivity index (χ1n) is 3.56. The number of nitrogens with zero attached hydrogens (tertiary/aromatic N) is 1. The summed E-state index contributed by atoms with van der Waals surface area (Å²) in [6.45, 7) is 6.10. The van der Waals surface area contributed by atoms with Crippen molar-refractivity contribution in [3.05, 3.63) is 0 Å². The Morgan fingerprint density at radius 1 is 1.40 bits per heavy atom. The Bertz CT molecular complexity index is 85.7. The van der Waals surface area contributed by atoms with Crippen LogP contribution in [-0.4, -0.2) is 36.0 Å². The summed E-state index contributed by atoms with van der Waals surface area (Å²) in [5.74, 6) is 0. The van der Waals surface area contributed by atoms with E-state index in [1.54, 1.807) is 12.2 Å². The molecule has 0 aromatic heterocycles. The highest BCUT2D eigenvalue weighted by Crippen LogP contribution is 2.03. The minimum absolute atomic E-state index is 0.0741. The van der Waals surface area contributed by atoms with Gasteiger partial charge in [-0.15, -0.1) is 0 Å². The first kappa shape index (κ1) is 9.88. The molecular formula is C7H17NO2. The molecular weight excluding hydrogens is 130 g/mol. The van der Waals surface area contributed by atoms with Crippen LogP contribution in [0.4, 0.5) is 0 Å². The smallest absolute Gasteiger partial charge is 0.0607 e. The van der Waals surface area contributed by atoms with Crippen molar-refractivity contribution in [2.24, 2.45) is 0 Å². The molecule has 10 heavy (non-hydrogen) atoms. The zero-order valence-corrected chi connectivity index (χ0v) is 7.16. The second-order valence-electron chi connectivity index (χ2n) is 2.67. The van der Waals surface area contributed by atoms with E-state index in [1.165, 1.54) is 0 Å². The van der Waals surface area contributed by atoms with E-state index in [0.29, 0.717) is 6.04 Å². The van der Waals surface area contributed by atoms with Crippen LogP contribution in [-0.2, 0) is 4.84 Å². The SMILES string of the molecule is CON(C(C)C)C(C)CO. The second-order valence-corrected chi connectivity index (χ2v) is 2.67. The van der Waals surface area contributed by atoms with E-state index in [0.717, 1.165) is 0 Å². The summed E-state index contributed by atoms with van der Waals surface area (Å²) in [6.07, 6.45) is 0. The first-order chi connectivity index (χ1) is 4.63. The molecule has 0 saturated carbocycles. The van der Waals surface area contributed by atoms with Gasteiger partial charge in [0, 0.05) is 6.04 Å². The Kier molecular flexibility index (Phi) is 4.60. The molecule has 3 nitrogen and oxygen atoms in total. The van der Waals surface area contributed by atoms with E-state index in [9.17, 15) is 0 Å². The first-order valence-corrected chi connectivity index (χ1v) is 3.56. The number of aliphatic hydroxyl groups excluding tert-OH is 1. The normalized spacial score (nSPS) is 14.7. The Balaban J connectivity index is 3.80. The van der Waals surface area contributed by atoms with Gasteiger partial charge in [0.25, 0.3) is 0 Å². The van der Waals surface area contributed by atoms with Crippen LogP contribution in [0, 0.1) is 0 Å². The molecule has 0 rings (SSSR count). The summed E-state index contributed by atoms with van der Waals surface area (Å²) in [5.41, 5.74) is 0. The van der Waals surface area contributed by atoms with Crippen LogP contribution in [0.3, 0.4) is 0 Å². The standard InChI is InChI=1S/C7H17NO2/c1-6(2)8(10-4)7(3)5-9/h6-7,9H,5H2,1-4H3. The molecule has 0 aliphatic heterocycles. The highest BCUT2D eigenvalue weighted by Gasteiger charge is 2.14. The summed E-state index contributed by atoms with van der Waals surface area (Å²) in [7, 11) is 1.62. The molecule has 0 spiro atoms. The van der Waals surface area contributed by atoms with Crippen LogP contribution in [0.5, 0.6) is 0 Å². The van der Waals surface area contributed by atoms with E-state index >= 15 is 0 Å². The van der Waals surface area contributed by atoms with Gasteiger partial charge in [-0.25, -0.2) is 0 Å². The van der Waals surface area contributed by atoms with Gasteiger partial charge in [-0.2, -0.15) is 5.06 Å². The van der Waals surface area contributed by atoms with Crippen molar-refractivity contribution in [2.45, 2.75) is 32.9 Å². The fourth-order valence-corrected chi connectivity index (χ4v) is 0.980. The quantitative estimate of drug-likeness (QED) is 0.592. The zero-order valence-electron chi connectivity index (χ0n) is 7.16. The molecule has 0 heterocycles. The molecule has 3 heteroatoms. The molecule has 0 bridgehead atoms. The second kappa shape index (κ2) is 4.66. The van der Waals surface area contributed by atoms with Gasteiger partial charge >= 0.3 is 0 Å². The molecule has 0 amide bonds. The van der Waals surface area contributed by atoms with Crippen molar-refractivity contribution >= 4 is 0 Å². The van der Waals surface area contributed by atoms with Gasteiger partial charge in [0.05, 0.1) is 19.8 Å². The Labute approximate surface area is 62.6 Å². The van der Waals surface area contributed by atoms with Gasteiger partial charge in [-0.1, -0.05) is 0 Å². The Hall–Kier alpha value is -0.120. The zero-order chi connectivity index (χ0) is 8.15. The summed E-state index contributed by atoms with van der Waals surface area (Å²) in [5, 5.41) is 10.5. The lowest BCUT2D eigenvalue weighted by Crippen LogP contribution is -2.39. The molecule has 1 N–H and O–H groups in total. The van der Waals surface area contributed by atoms with Gasteiger partial charge in [0.1, 0.15) is 0 Å². The molecule has 0 aromatic carbocycles. The number of hydroxylamine groups is 2. The lowest BCUT2D eigenvalue weighted by Gasteiger charge is -2.28.